The molecule has 2 unspecified atom stereocenters. The summed E-state index contributed by atoms with van der Waals surface area (Å²) in [7, 11) is 0. The van der Waals surface area contributed by atoms with Crippen molar-refractivity contribution in [1.82, 2.24) is 5.32 Å². The van der Waals surface area contributed by atoms with Gasteiger partial charge < -0.3 is 14.8 Å². The monoisotopic (exact) mass is 307 g/mol. The fourth-order valence-electron chi connectivity index (χ4n) is 4.66. The van der Waals surface area contributed by atoms with E-state index in [1.807, 2.05) is 24.3 Å². The summed E-state index contributed by atoms with van der Waals surface area (Å²) in [6.07, 6.45) is 5.15. The van der Waals surface area contributed by atoms with E-state index in [1.54, 1.807) is 0 Å². The number of nitrogens with one attached hydrogen (secondary N) is 1. The third kappa shape index (κ3) is 2.03. The molecule has 0 aliphatic carbocycles. The van der Waals surface area contributed by atoms with Gasteiger partial charge in [0.05, 0.1) is 5.60 Å². The predicted octanol–water partition coefficient (Wildman–Crippen LogP) is 4.08. The van der Waals surface area contributed by atoms with Crippen LogP contribution in [0.5, 0.6) is 0 Å². The molecular weight excluding hydrogens is 286 g/mol. The Hall–Kier alpha value is -1.84. The van der Waals surface area contributed by atoms with Crippen LogP contribution >= 0.6 is 0 Å². The van der Waals surface area contributed by atoms with Gasteiger partial charge in [-0.15, -0.1) is 0 Å². The molecule has 2 aliphatic rings. The third-order valence-electron chi connectivity index (χ3n) is 5.65. The van der Waals surface area contributed by atoms with E-state index < -0.39 is 5.60 Å². The summed E-state index contributed by atoms with van der Waals surface area (Å²) in [6, 6.07) is 15.2. The SMILES string of the molecule is OC1(c2cccc3c2oc2ccccc23)CC2CCCC(C1)N2. The lowest BCUT2D eigenvalue weighted by atomic mass is 9.73. The average Bonchev–Trinajstić information content (AvgIpc) is 2.93. The first-order valence-corrected chi connectivity index (χ1v) is 8.62. The van der Waals surface area contributed by atoms with E-state index in [1.165, 1.54) is 6.42 Å². The molecule has 2 fully saturated rings. The van der Waals surface area contributed by atoms with Crippen molar-refractivity contribution in [2.75, 3.05) is 0 Å². The third-order valence-corrected chi connectivity index (χ3v) is 5.65. The zero-order chi connectivity index (χ0) is 15.4. The molecular formula is C20H21NO2. The fourth-order valence-corrected chi connectivity index (χ4v) is 4.66. The highest BCUT2D eigenvalue weighted by Gasteiger charge is 2.43. The molecule has 3 aromatic rings. The number of fused-ring (bicyclic) bond motifs is 5. The molecule has 2 aliphatic heterocycles. The zero-order valence-electron chi connectivity index (χ0n) is 13.1. The van der Waals surface area contributed by atoms with Crippen molar-refractivity contribution < 1.29 is 9.52 Å². The standard InChI is InChI=1S/C20H21NO2/c22-20(11-13-5-3-6-14(12-20)21-13)17-9-4-8-16-15-7-1-2-10-18(15)23-19(16)17/h1-2,4,7-10,13-14,21-22H,3,5-6,11-12H2. The highest BCUT2D eigenvalue weighted by molar-refractivity contribution is 6.06. The normalized spacial score (nSPS) is 30.8. The second-order valence-electron chi connectivity index (χ2n) is 7.21. The van der Waals surface area contributed by atoms with E-state index in [4.69, 9.17) is 4.42 Å². The Balaban J connectivity index is 1.70. The highest BCUT2D eigenvalue weighted by Crippen LogP contribution is 2.43. The smallest absolute Gasteiger partial charge is 0.141 e. The summed E-state index contributed by atoms with van der Waals surface area (Å²) in [5.41, 5.74) is 1.93. The fraction of sp³-hybridized carbons (Fsp3) is 0.400. The Morgan fingerprint density at radius 1 is 0.957 bits per heavy atom. The molecule has 0 amide bonds. The molecule has 2 aromatic carbocycles. The molecule has 0 saturated carbocycles. The van der Waals surface area contributed by atoms with Crippen LogP contribution in [0, 0.1) is 0 Å². The number of rotatable bonds is 1. The van der Waals surface area contributed by atoms with Crippen LogP contribution in [0.25, 0.3) is 21.9 Å². The Kier molecular flexibility index (Phi) is 2.85. The van der Waals surface area contributed by atoms with Gasteiger partial charge in [0.1, 0.15) is 11.2 Å². The van der Waals surface area contributed by atoms with Crippen molar-refractivity contribution in [1.29, 1.82) is 0 Å². The topological polar surface area (TPSA) is 45.4 Å². The summed E-state index contributed by atoms with van der Waals surface area (Å²) in [4.78, 5) is 0. The van der Waals surface area contributed by atoms with Crippen LogP contribution in [0.15, 0.2) is 46.9 Å². The predicted molar refractivity (Wildman–Crippen MR) is 91.4 cm³/mol. The molecule has 2 N–H and O–H groups in total. The van der Waals surface area contributed by atoms with Crippen molar-refractivity contribution in [2.45, 2.75) is 49.8 Å². The Morgan fingerprint density at radius 3 is 2.52 bits per heavy atom. The van der Waals surface area contributed by atoms with Crippen molar-refractivity contribution in [3.05, 3.63) is 48.0 Å². The molecule has 2 atom stereocenters. The van der Waals surface area contributed by atoms with Gasteiger partial charge >= 0.3 is 0 Å². The number of para-hydroxylation sites is 2. The van der Waals surface area contributed by atoms with Gasteiger partial charge in [-0.1, -0.05) is 42.8 Å². The van der Waals surface area contributed by atoms with E-state index in [-0.39, 0.29) is 0 Å². The number of piperidine rings is 2. The van der Waals surface area contributed by atoms with Crippen LogP contribution in [-0.2, 0) is 5.60 Å². The van der Waals surface area contributed by atoms with Gasteiger partial charge in [0.25, 0.3) is 0 Å². The molecule has 118 valence electrons. The molecule has 3 nitrogen and oxygen atoms in total. The first-order chi connectivity index (χ1) is 11.2. The van der Waals surface area contributed by atoms with Crippen LogP contribution in [0.4, 0.5) is 0 Å². The minimum Gasteiger partial charge on any atom is -0.456 e. The Labute approximate surface area is 135 Å². The second kappa shape index (κ2) is 4.83. The van der Waals surface area contributed by atoms with E-state index in [0.717, 1.165) is 53.2 Å². The molecule has 3 heterocycles. The second-order valence-corrected chi connectivity index (χ2v) is 7.21. The summed E-state index contributed by atoms with van der Waals surface area (Å²) < 4.78 is 6.14. The van der Waals surface area contributed by atoms with Crippen molar-refractivity contribution in [2.24, 2.45) is 0 Å². The largest absolute Gasteiger partial charge is 0.456 e. The number of hydrogen-bond donors (Lipinski definition) is 2. The van der Waals surface area contributed by atoms with E-state index in [2.05, 4.69) is 23.5 Å². The number of aliphatic hydroxyl groups is 1. The molecule has 23 heavy (non-hydrogen) atoms. The van der Waals surface area contributed by atoms with Crippen LogP contribution in [-0.4, -0.2) is 17.2 Å². The number of hydrogen-bond acceptors (Lipinski definition) is 3. The minimum atomic E-state index is -0.783. The Morgan fingerprint density at radius 2 is 1.70 bits per heavy atom. The van der Waals surface area contributed by atoms with Gasteiger partial charge in [-0.25, -0.2) is 0 Å². The maximum atomic E-state index is 11.5. The van der Waals surface area contributed by atoms with E-state index >= 15 is 0 Å². The van der Waals surface area contributed by atoms with Crippen molar-refractivity contribution in [3.8, 4) is 0 Å². The maximum absolute atomic E-state index is 11.5. The van der Waals surface area contributed by atoms with E-state index in [0.29, 0.717) is 12.1 Å². The highest BCUT2D eigenvalue weighted by atomic mass is 16.3. The van der Waals surface area contributed by atoms with Gasteiger partial charge in [0.2, 0.25) is 0 Å². The first kappa shape index (κ1) is 13.6. The van der Waals surface area contributed by atoms with Crippen LogP contribution in [0.3, 0.4) is 0 Å². The van der Waals surface area contributed by atoms with Gasteiger partial charge in [0, 0.05) is 28.4 Å². The quantitative estimate of drug-likeness (QED) is 0.712. The molecule has 1 aromatic heterocycles. The molecule has 5 rings (SSSR count). The molecule has 2 saturated heterocycles. The molecule has 3 heteroatoms. The van der Waals surface area contributed by atoms with Crippen LogP contribution < -0.4 is 5.32 Å². The molecule has 2 bridgehead atoms. The summed E-state index contributed by atoms with van der Waals surface area (Å²) >= 11 is 0. The Bertz CT molecular complexity index is 870. The number of benzene rings is 2. The summed E-state index contributed by atoms with van der Waals surface area (Å²) in [6.45, 7) is 0. The lowest BCUT2D eigenvalue weighted by Gasteiger charge is -2.45. The lowest BCUT2D eigenvalue weighted by Crippen LogP contribution is -2.54. The van der Waals surface area contributed by atoms with Gasteiger partial charge in [-0.05, 0) is 31.7 Å². The van der Waals surface area contributed by atoms with Crippen molar-refractivity contribution >= 4 is 21.9 Å². The summed E-state index contributed by atoms with van der Waals surface area (Å²) in [5, 5.41) is 17.4. The summed E-state index contributed by atoms with van der Waals surface area (Å²) in [5.74, 6) is 0. The van der Waals surface area contributed by atoms with Gasteiger partial charge in [-0.2, -0.15) is 0 Å². The molecule has 0 radical (unpaired) electrons. The number of furan rings is 1. The van der Waals surface area contributed by atoms with Crippen LogP contribution in [0.2, 0.25) is 0 Å². The zero-order valence-corrected chi connectivity index (χ0v) is 13.1. The van der Waals surface area contributed by atoms with Crippen molar-refractivity contribution in [3.63, 3.8) is 0 Å². The maximum Gasteiger partial charge on any atom is 0.141 e. The van der Waals surface area contributed by atoms with Crippen LogP contribution in [0.1, 0.15) is 37.7 Å². The minimum absolute atomic E-state index is 0.423. The molecule has 0 spiro atoms. The average molecular weight is 307 g/mol. The first-order valence-electron chi connectivity index (χ1n) is 8.62. The lowest BCUT2D eigenvalue weighted by molar-refractivity contribution is -0.0352. The van der Waals surface area contributed by atoms with Gasteiger partial charge in [0.15, 0.2) is 0 Å². The van der Waals surface area contributed by atoms with Gasteiger partial charge in [-0.3, -0.25) is 0 Å². The van der Waals surface area contributed by atoms with E-state index in [9.17, 15) is 5.11 Å².